The lowest BCUT2D eigenvalue weighted by Crippen LogP contribution is -2.37. The minimum absolute atomic E-state index is 0.0259. The Balaban J connectivity index is 2.25. The molecule has 3 heteroatoms. The largest absolute Gasteiger partial charge is 0.306 e. The molecule has 2 rings (SSSR count). The Morgan fingerprint density at radius 1 is 1.50 bits per heavy atom. The molecule has 1 heterocycles. The number of piperidine rings is 1. The van der Waals surface area contributed by atoms with Crippen molar-refractivity contribution in [3.8, 4) is 0 Å². The lowest BCUT2D eigenvalue weighted by Gasteiger charge is -2.34. The maximum atomic E-state index is 13.1. The van der Waals surface area contributed by atoms with Gasteiger partial charge in [0.25, 0.3) is 0 Å². The highest BCUT2D eigenvalue weighted by Crippen LogP contribution is 2.30. The van der Waals surface area contributed by atoms with Crippen LogP contribution in [-0.2, 0) is 4.79 Å². The molecule has 2 atom stereocenters. The number of hydrogen-bond donors (Lipinski definition) is 0. The van der Waals surface area contributed by atoms with Crippen molar-refractivity contribution in [1.29, 1.82) is 0 Å². The molecule has 1 fully saturated rings. The van der Waals surface area contributed by atoms with Crippen LogP contribution in [0.2, 0.25) is 0 Å². The van der Waals surface area contributed by atoms with Gasteiger partial charge in [0.1, 0.15) is 12.1 Å². The normalized spacial score (nSPS) is 26.6. The Bertz CT molecular complexity index is 380. The predicted octanol–water partition coefficient (Wildman–Crippen LogP) is 2.06. The fraction of sp³-hybridized carbons (Fsp3) is 0.462. The number of aldehydes is 1. The van der Waals surface area contributed by atoms with Gasteiger partial charge in [-0.15, -0.1) is 0 Å². The lowest BCUT2D eigenvalue weighted by atomic mass is 9.82. The molecule has 16 heavy (non-hydrogen) atoms. The summed E-state index contributed by atoms with van der Waals surface area (Å²) in [5.74, 6) is -0.0691. The van der Waals surface area contributed by atoms with Gasteiger partial charge in [-0.1, -0.05) is 12.1 Å². The lowest BCUT2D eigenvalue weighted by molar-refractivity contribution is -0.112. The molecule has 86 valence electrons. The second-order valence-electron chi connectivity index (χ2n) is 4.51. The number of hydrogen-bond acceptors (Lipinski definition) is 2. The molecule has 0 amide bonds. The van der Waals surface area contributed by atoms with E-state index < -0.39 is 0 Å². The first-order chi connectivity index (χ1) is 7.70. The van der Waals surface area contributed by atoms with E-state index in [1.54, 1.807) is 12.1 Å². The van der Waals surface area contributed by atoms with Crippen molar-refractivity contribution in [2.45, 2.75) is 12.3 Å². The van der Waals surface area contributed by atoms with Crippen molar-refractivity contribution in [1.82, 2.24) is 4.90 Å². The number of carbonyl (C=O) groups excluding carboxylic acids is 1. The van der Waals surface area contributed by atoms with Crippen LogP contribution in [0, 0.1) is 11.7 Å². The van der Waals surface area contributed by atoms with Crippen molar-refractivity contribution in [2.24, 2.45) is 5.92 Å². The first kappa shape index (κ1) is 11.3. The van der Waals surface area contributed by atoms with Crippen LogP contribution < -0.4 is 0 Å². The molecule has 1 aliphatic heterocycles. The number of likely N-dealkylation sites (tertiary alicyclic amines) is 1. The molecule has 0 aliphatic carbocycles. The summed E-state index contributed by atoms with van der Waals surface area (Å²) >= 11 is 0. The Kier molecular flexibility index (Phi) is 3.34. The fourth-order valence-electron chi connectivity index (χ4n) is 2.39. The summed E-state index contributed by atoms with van der Waals surface area (Å²) < 4.78 is 13.1. The van der Waals surface area contributed by atoms with Crippen molar-refractivity contribution < 1.29 is 9.18 Å². The first-order valence-electron chi connectivity index (χ1n) is 5.60. The highest BCUT2D eigenvalue weighted by atomic mass is 19.1. The maximum absolute atomic E-state index is 13.1. The molecular weight excluding hydrogens is 205 g/mol. The van der Waals surface area contributed by atoms with E-state index in [-0.39, 0.29) is 17.7 Å². The quantitative estimate of drug-likeness (QED) is 0.712. The van der Waals surface area contributed by atoms with Crippen LogP contribution in [0.15, 0.2) is 24.3 Å². The topological polar surface area (TPSA) is 20.3 Å². The van der Waals surface area contributed by atoms with E-state index in [2.05, 4.69) is 4.90 Å². The summed E-state index contributed by atoms with van der Waals surface area (Å²) in [5, 5.41) is 0. The monoisotopic (exact) mass is 221 g/mol. The van der Waals surface area contributed by atoms with Gasteiger partial charge in [0.05, 0.1) is 0 Å². The van der Waals surface area contributed by atoms with Crippen molar-refractivity contribution >= 4 is 6.29 Å². The summed E-state index contributed by atoms with van der Waals surface area (Å²) in [4.78, 5) is 13.2. The summed E-state index contributed by atoms with van der Waals surface area (Å²) in [6, 6.07) is 6.59. The molecule has 0 aromatic heterocycles. The van der Waals surface area contributed by atoms with Gasteiger partial charge in [-0.2, -0.15) is 0 Å². The molecule has 0 spiro atoms. The van der Waals surface area contributed by atoms with E-state index >= 15 is 0 Å². The molecule has 0 unspecified atom stereocenters. The van der Waals surface area contributed by atoms with Crippen molar-refractivity contribution in [3.63, 3.8) is 0 Å². The van der Waals surface area contributed by atoms with Crippen LogP contribution in [-0.4, -0.2) is 31.3 Å². The maximum Gasteiger partial charge on any atom is 0.123 e. The fourth-order valence-corrected chi connectivity index (χ4v) is 2.39. The summed E-state index contributed by atoms with van der Waals surface area (Å²) in [5.41, 5.74) is 0.934. The van der Waals surface area contributed by atoms with E-state index in [1.165, 1.54) is 6.07 Å². The van der Waals surface area contributed by atoms with Gasteiger partial charge in [-0.3, -0.25) is 0 Å². The van der Waals surface area contributed by atoms with Crippen molar-refractivity contribution in [2.75, 3.05) is 20.1 Å². The molecule has 2 nitrogen and oxygen atoms in total. The van der Waals surface area contributed by atoms with Crippen molar-refractivity contribution in [3.05, 3.63) is 35.6 Å². The van der Waals surface area contributed by atoms with Crippen LogP contribution in [0.3, 0.4) is 0 Å². The SMILES string of the molecule is CN1CC[C@H](C=O)[C@@H](c2cccc(F)c2)C1. The standard InChI is InChI=1S/C13H16FNO/c1-15-6-5-11(9-16)13(8-15)10-3-2-4-12(14)7-10/h2-4,7,9,11,13H,5-6,8H2,1H3/t11-,13-/m1/s1. The number of halogens is 1. The number of rotatable bonds is 2. The Morgan fingerprint density at radius 2 is 2.31 bits per heavy atom. The Hall–Kier alpha value is -1.22. The Labute approximate surface area is 95.1 Å². The first-order valence-corrected chi connectivity index (χ1v) is 5.60. The minimum atomic E-state index is -0.227. The molecule has 1 saturated heterocycles. The van der Waals surface area contributed by atoms with Crippen LogP contribution in [0.1, 0.15) is 17.9 Å². The van der Waals surface area contributed by atoms with E-state index in [1.807, 2.05) is 13.1 Å². The van der Waals surface area contributed by atoms with Crippen LogP contribution in [0.4, 0.5) is 4.39 Å². The van der Waals surface area contributed by atoms with E-state index in [0.29, 0.717) is 0 Å². The molecule has 1 aliphatic rings. The van der Waals surface area contributed by atoms with Gasteiger partial charge in [-0.25, -0.2) is 4.39 Å². The average molecular weight is 221 g/mol. The molecule has 1 aromatic carbocycles. The van der Waals surface area contributed by atoms with Gasteiger partial charge < -0.3 is 9.69 Å². The van der Waals surface area contributed by atoms with Gasteiger partial charge in [0.2, 0.25) is 0 Å². The third kappa shape index (κ3) is 2.30. The Morgan fingerprint density at radius 3 is 3.00 bits per heavy atom. The highest BCUT2D eigenvalue weighted by molar-refractivity contribution is 5.56. The molecule has 0 saturated carbocycles. The van der Waals surface area contributed by atoms with Crippen LogP contribution in [0.25, 0.3) is 0 Å². The van der Waals surface area contributed by atoms with Crippen LogP contribution >= 0.6 is 0 Å². The predicted molar refractivity (Wildman–Crippen MR) is 60.8 cm³/mol. The average Bonchev–Trinajstić information content (AvgIpc) is 2.29. The third-order valence-electron chi connectivity index (χ3n) is 3.32. The number of benzene rings is 1. The van der Waals surface area contributed by atoms with Gasteiger partial charge in [0, 0.05) is 18.4 Å². The molecule has 0 bridgehead atoms. The highest BCUT2D eigenvalue weighted by Gasteiger charge is 2.28. The zero-order valence-corrected chi connectivity index (χ0v) is 9.40. The van der Waals surface area contributed by atoms with E-state index in [9.17, 15) is 9.18 Å². The molecule has 1 aromatic rings. The van der Waals surface area contributed by atoms with E-state index in [4.69, 9.17) is 0 Å². The summed E-state index contributed by atoms with van der Waals surface area (Å²) in [7, 11) is 2.04. The summed E-state index contributed by atoms with van der Waals surface area (Å²) in [6.07, 6.45) is 1.88. The zero-order chi connectivity index (χ0) is 11.5. The van der Waals surface area contributed by atoms with Crippen LogP contribution in [0.5, 0.6) is 0 Å². The number of likely N-dealkylation sites (N-methyl/N-ethyl adjacent to an activating group) is 1. The third-order valence-corrected chi connectivity index (χ3v) is 3.32. The zero-order valence-electron chi connectivity index (χ0n) is 9.40. The molecule has 0 radical (unpaired) electrons. The van der Waals surface area contributed by atoms with Gasteiger partial charge in [-0.05, 0) is 37.7 Å². The second kappa shape index (κ2) is 4.74. The minimum Gasteiger partial charge on any atom is -0.306 e. The summed E-state index contributed by atoms with van der Waals surface area (Å²) in [6.45, 7) is 1.77. The number of nitrogens with zero attached hydrogens (tertiary/aromatic N) is 1. The van der Waals surface area contributed by atoms with Gasteiger partial charge in [0.15, 0.2) is 0 Å². The number of carbonyl (C=O) groups is 1. The molecular formula is C13H16FNO. The second-order valence-corrected chi connectivity index (χ2v) is 4.51. The van der Waals surface area contributed by atoms with E-state index in [0.717, 1.165) is 31.4 Å². The smallest absolute Gasteiger partial charge is 0.123 e. The van der Waals surface area contributed by atoms with Gasteiger partial charge >= 0.3 is 0 Å². The molecule has 0 N–H and O–H groups in total.